The van der Waals surface area contributed by atoms with Gasteiger partial charge < -0.3 is 60.7 Å². The number of carbonyl (C=O) groups is 11. The Hall–Kier alpha value is -5.82. The average molecular weight is 1330 g/mol. The standard InChI is InChI=1S/C68H122N12O12S/c1-27-29-30-45(17)57(82)56-61(86)71-49(28-2)63(88)73(20)37-54(81)74(21)50(31-38(3)4)60(85)72-55(42(11)12)66(91)75(22)51(32-39(5)6)59(84)69-46(18)58(83)70-47(19)62(87)76(23)52(33-40(7)8)64(89)77(24)53(34-41(9)10)65(90)79(26)68(43(13)14,67(92)78(56)25)93-48-35-80(36-48)44(15)16/h27,29,38-53,55-57,82H,28,30-37H2,1-26H3,(H,69,84)(H,70,83)(H,71,86)(H,72,85)/b29-27+/t45-,46+,47-,49+,50+,51+,52+,53+,55+,56+,57-,68+/m1/s1. The highest BCUT2D eigenvalue weighted by Crippen LogP contribution is 2.45. The quantitative estimate of drug-likeness (QED) is 0.119. The van der Waals surface area contributed by atoms with Crippen LogP contribution in [0.5, 0.6) is 0 Å². The van der Waals surface area contributed by atoms with Crippen LogP contribution in [0.1, 0.15) is 170 Å². The molecule has 0 aromatic heterocycles. The number of nitrogens with zero attached hydrogens (tertiary/aromatic N) is 8. The number of allylic oxidation sites excluding steroid dienone is 2. The summed E-state index contributed by atoms with van der Waals surface area (Å²) in [6.07, 6.45) is 3.00. The minimum absolute atomic E-state index is 0.0141. The van der Waals surface area contributed by atoms with E-state index < -0.39 is 155 Å². The Morgan fingerprint density at radius 2 is 0.989 bits per heavy atom. The van der Waals surface area contributed by atoms with Crippen LogP contribution in [-0.4, -0.2) is 255 Å². The summed E-state index contributed by atoms with van der Waals surface area (Å²) >= 11 is 1.28. The number of thioether (sulfide) groups is 1. The van der Waals surface area contributed by atoms with E-state index in [1.165, 1.54) is 104 Å². The molecule has 11 amide bonds. The van der Waals surface area contributed by atoms with Gasteiger partial charge in [0, 0.05) is 73.7 Å². The van der Waals surface area contributed by atoms with E-state index in [1.807, 2.05) is 82.2 Å². The Labute approximate surface area is 561 Å². The molecule has 0 aromatic carbocycles. The molecule has 2 aliphatic rings. The SMILES string of the molecule is C/C=C/C[C@@H](C)[C@@H](O)[C@H]1C(=O)N[C@@H](CC)C(=O)N(C)CC(=O)N(C)[C@@H](CC(C)C)C(=O)N[C@@H](C(C)C)C(=O)N(C)[C@@H](CC(C)C)C(=O)N[C@@H](C)C(=O)N[C@H](C)C(=O)N(C)[C@@H](CC(C)C)C(=O)N(C)[C@@H](CC(C)C)C(=O)N(C)[C@](SC2CN(C(C)C)C2)(C(C)C)C(=O)N1C. The van der Waals surface area contributed by atoms with Gasteiger partial charge in [0.1, 0.15) is 54.4 Å². The molecule has 2 saturated heterocycles. The molecule has 25 heteroatoms. The number of hydrogen-bond donors (Lipinski definition) is 5. The van der Waals surface area contributed by atoms with Crippen molar-refractivity contribution in [3.05, 3.63) is 12.2 Å². The number of nitrogens with one attached hydrogen (secondary N) is 4. The van der Waals surface area contributed by atoms with Gasteiger partial charge in [0.15, 0.2) is 4.87 Å². The van der Waals surface area contributed by atoms with E-state index in [4.69, 9.17) is 0 Å². The minimum Gasteiger partial charge on any atom is -0.390 e. The molecule has 0 radical (unpaired) electrons. The third kappa shape index (κ3) is 21.9. The molecule has 24 nitrogen and oxygen atoms in total. The van der Waals surface area contributed by atoms with Gasteiger partial charge in [0.05, 0.1) is 12.6 Å². The Kier molecular flexibility index (Phi) is 33.0. The second kappa shape index (κ2) is 36.9. The number of aliphatic hydroxyl groups excluding tert-OH is 1. The molecule has 532 valence electrons. The van der Waals surface area contributed by atoms with Crippen molar-refractivity contribution in [2.45, 2.75) is 247 Å². The second-order valence-corrected chi connectivity index (χ2v) is 30.5. The van der Waals surface area contributed by atoms with Gasteiger partial charge in [-0.15, -0.1) is 11.8 Å². The van der Waals surface area contributed by atoms with Crippen LogP contribution in [0.3, 0.4) is 0 Å². The van der Waals surface area contributed by atoms with Crippen molar-refractivity contribution in [2.75, 3.05) is 69.0 Å². The highest BCUT2D eigenvalue weighted by molar-refractivity contribution is 8.02. The fourth-order valence-corrected chi connectivity index (χ4v) is 13.9. The van der Waals surface area contributed by atoms with Gasteiger partial charge in [-0.1, -0.05) is 109 Å². The zero-order valence-electron chi connectivity index (χ0n) is 61.4. The lowest BCUT2D eigenvalue weighted by atomic mass is 9.91. The molecule has 0 aliphatic carbocycles. The van der Waals surface area contributed by atoms with Gasteiger partial charge in [-0.3, -0.25) is 57.6 Å². The van der Waals surface area contributed by atoms with E-state index in [-0.39, 0.29) is 67.1 Å². The van der Waals surface area contributed by atoms with Crippen LogP contribution in [0.2, 0.25) is 0 Å². The number of likely N-dealkylation sites (tertiary alicyclic amines) is 1. The Bertz CT molecular complexity index is 2590. The van der Waals surface area contributed by atoms with Gasteiger partial charge in [-0.05, 0) is 115 Å². The van der Waals surface area contributed by atoms with E-state index in [2.05, 4.69) is 40.0 Å². The van der Waals surface area contributed by atoms with Crippen LogP contribution in [0.25, 0.3) is 0 Å². The predicted molar refractivity (Wildman–Crippen MR) is 365 cm³/mol. The van der Waals surface area contributed by atoms with E-state index in [0.717, 1.165) is 4.90 Å². The third-order valence-electron chi connectivity index (χ3n) is 18.3. The largest absolute Gasteiger partial charge is 0.390 e. The number of hydrogen-bond acceptors (Lipinski definition) is 14. The van der Waals surface area contributed by atoms with Crippen LogP contribution in [-0.2, 0) is 52.7 Å². The molecule has 12 atom stereocenters. The summed E-state index contributed by atoms with van der Waals surface area (Å²) in [4.78, 5) is 173. The zero-order valence-corrected chi connectivity index (χ0v) is 62.2. The minimum atomic E-state index is -1.80. The van der Waals surface area contributed by atoms with Crippen molar-refractivity contribution in [1.29, 1.82) is 0 Å². The van der Waals surface area contributed by atoms with Gasteiger partial charge in [-0.25, -0.2) is 0 Å². The maximum absolute atomic E-state index is 16.3. The Balaban J connectivity index is 3.14. The Morgan fingerprint density at radius 3 is 1.45 bits per heavy atom. The maximum atomic E-state index is 16.3. The van der Waals surface area contributed by atoms with Crippen molar-refractivity contribution in [3.8, 4) is 0 Å². The summed E-state index contributed by atoms with van der Waals surface area (Å²) < 4.78 is 0. The van der Waals surface area contributed by atoms with Gasteiger partial charge in [0.2, 0.25) is 59.1 Å². The Morgan fingerprint density at radius 1 is 0.538 bits per heavy atom. The highest BCUT2D eigenvalue weighted by Gasteiger charge is 2.56. The molecular formula is C68H122N12O12S. The molecule has 5 N–H and O–H groups in total. The van der Waals surface area contributed by atoms with Crippen LogP contribution in [0.15, 0.2) is 12.2 Å². The topological polar surface area (TPSA) is 282 Å². The first-order valence-electron chi connectivity index (χ1n) is 33.7. The number of amides is 11. The number of aliphatic hydroxyl groups is 1. The predicted octanol–water partition coefficient (Wildman–Crippen LogP) is 4.42. The summed E-state index contributed by atoms with van der Waals surface area (Å²) in [5.74, 6) is -9.84. The molecule has 2 heterocycles. The first-order valence-corrected chi connectivity index (χ1v) is 34.6. The lowest BCUT2D eigenvalue weighted by molar-refractivity contribution is -0.159. The highest BCUT2D eigenvalue weighted by atomic mass is 32.2. The van der Waals surface area contributed by atoms with Crippen molar-refractivity contribution < 1.29 is 57.8 Å². The molecule has 93 heavy (non-hydrogen) atoms. The molecule has 0 spiro atoms. The number of likely N-dealkylation sites (N-methyl/N-ethyl adjacent to an activating group) is 7. The first-order chi connectivity index (χ1) is 43.0. The summed E-state index contributed by atoms with van der Waals surface area (Å²) in [5, 5.41) is 23.4. The molecular weight excluding hydrogens is 1210 g/mol. The first kappa shape index (κ1) is 83.3. The van der Waals surface area contributed by atoms with E-state index in [1.54, 1.807) is 33.8 Å². The summed E-state index contributed by atoms with van der Waals surface area (Å²) in [6, 6.07) is -11.1. The molecule has 0 unspecified atom stereocenters. The molecule has 2 aliphatic heterocycles. The molecule has 0 aromatic rings. The van der Waals surface area contributed by atoms with Gasteiger partial charge in [-0.2, -0.15) is 0 Å². The third-order valence-corrected chi connectivity index (χ3v) is 20.2. The van der Waals surface area contributed by atoms with Crippen molar-refractivity contribution in [1.82, 2.24) is 60.5 Å². The molecule has 2 rings (SSSR count). The van der Waals surface area contributed by atoms with Crippen LogP contribution in [0, 0.1) is 41.4 Å². The molecule has 2 fully saturated rings. The fourth-order valence-electron chi connectivity index (χ4n) is 12.1. The lowest BCUT2D eigenvalue weighted by Crippen LogP contribution is -2.69. The molecule has 0 bridgehead atoms. The second-order valence-electron chi connectivity index (χ2n) is 29.0. The number of rotatable bonds is 18. The monoisotopic (exact) mass is 1330 g/mol. The van der Waals surface area contributed by atoms with Crippen LogP contribution >= 0.6 is 11.8 Å². The molecule has 0 saturated carbocycles. The smallest absolute Gasteiger partial charge is 0.259 e. The van der Waals surface area contributed by atoms with Crippen molar-refractivity contribution >= 4 is 76.7 Å². The van der Waals surface area contributed by atoms with Crippen LogP contribution < -0.4 is 21.3 Å². The zero-order chi connectivity index (χ0) is 71.8. The van der Waals surface area contributed by atoms with Crippen molar-refractivity contribution in [3.63, 3.8) is 0 Å². The van der Waals surface area contributed by atoms with E-state index in [9.17, 15) is 38.7 Å². The fraction of sp³-hybridized carbons (Fsp3) is 0.809. The normalized spacial score (nSPS) is 27.7. The average Bonchev–Trinajstić information content (AvgIpc) is 0.754. The number of carbonyl (C=O) groups excluding carboxylic acids is 11. The van der Waals surface area contributed by atoms with Crippen LogP contribution in [0.4, 0.5) is 0 Å². The van der Waals surface area contributed by atoms with Gasteiger partial charge >= 0.3 is 0 Å². The van der Waals surface area contributed by atoms with E-state index >= 15 is 19.2 Å². The van der Waals surface area contributed by atoms with Gasteiger partial charge in [0.25, 0.3) is 5.91 Å². The van der Waals surface area contributed by atoms with E-state index in [0.29, 0.717) is 19.5 Å². The summed E-state index contributed by atoms with van der Waals surface area (Å²) in [6.45, 7) is 35.0. The maximum Gasteiger partial charge on any atom is 0.259 e. The lowest BCUT2D eigenvalue weighted by Gasteiger charge is -2.52. The van der Waals surface area contributed by atoms with Crippen molar-refractivity contribution in [2.24, 2.45) is 41.4 Å². The summed E-state index contributed by atoms with van der Waals surface area (Å²) in [5.41, 5.74) is 0. The summed E-state index contributed by atoms with van der Waals surface area (Å²) in [7, 11) is 10.1.